The molecular formula is C34H35N5O6S2. The van der Waals surface area contributed by atoms with Crippen LogP contribution in [0.3, 0.4) is 0 Å². The first-order chi connectivity index (χ1) is 23.0. The van der Waals surface area contributed by atoms with Gasteiger partial charge in [0.25, 0.3) is 11.8 Å². The van der Waals surface area contributed by atoms with E-state index in [2.05, 4.69) is 34.3 Å². The third kappa shape index (κ3) is 7.80. The minimum atomic E-state index is -0.943. The van der Waals surface area contributed by atoms with Crippen molar-refractivity contribution in [3.05, 3.63) is 107 Å². The molecule has 0 radical (unpaired) electrons. The highest BCUT2D eigenvalue weighted by Gasteiger charge is 2.54. The summed E-state index contributed by atoms with van der Waals surface area (Å²) >= 11 is 2.52. The van der Waals surface area contributed by atoms with Crippen molar-refractivity contribution in [3.8, 4) is 0 Å². The minimum absolute atomic E-state index is 0.101. The molecule has 0 bridgehead atoms. The van der Waals surface area contributed by atoms with Gasteiger partial charge in [-0.1, -0.05) is 98.2 Å². The van der Waals surface area contributed by atoms with Gasteiger partial charge in [0.15, 0.2) is 16.9 Å². The number of carbonyl (C=O) groups excluding carboxylic acids is 4. The average Bonchev–Trinajstić information content (AvgIpc) is 3.57. The Bertz CT molecular complexity index is 1620. The molecule has 0 saturated carbocycles. The van der Waals surface area contributed by atoms with E-state index in [0.29, 0.717) is 24.3 Å². The predicted molar refractivity (Wildman–Crippen MR) is 181 cm³/mol. The number of oxime groups is 1. The Labute approximate surface area is 281 Å². The Kier molecular flexibility index (Phi) is 11.6. The van der Waals surface area contributed by atoms with Crippen LogP contribution in [0.4, 0.5) is 5.13 Å². The number of thioether (sulfide) groups is 1. The summed E-state index contributed by atoms with van der Waals surface area (Å²) in [5.74, 6) is -1.43. The summed E-state index contributed by atoms with van der Waals surface area (Å²) in [5, 5.41) is 10.6. The number of rotatable bonds is 16. The summed E-state index contributed by atoms with van der Waals surface area (Å²) in [4.78, 5) is 63.0. The van der Waals surface area contributed by atoms with E-state index in [0.717, 1.165) is 48.1 Å². The number of ether oxygens (including phenoxy) is 1. The zero-order valence-electron chi connectivity index (χ0n) is 25.8. The van der Waals surface area contributed by atoms with E-state index in [1.54, 1.807) is 11.5 Å². The van der Waals surface area contributed by atoms with Gasteiger partial charge in [-0.3, -0.25) is 19.3 Å². The molecule has 244 valence electrons. The highest BCUT2D eigenvalue weighted by molar-refractivity contribution is 8.00. The first-order valence-corrected chi connectivity index (χ1v) is 17.2. The lowest BCUT2D eigenvalue weighted by atomic mass is 10.0. The molecular weight excluding hydrogens is 639 g/mol. The maximum absolute atomic E-state index is 13.9. The lowest BCUT2D eigenvalue weighted by Crippen LogP contribution is -2.71. The monoisotopic (exact) mass is 673 g/mol. The van der Waals surface area contributed by atoms with Gasteiger partial charge in [0, 0.05) is 11.1 Å². The van der Waals surface area contributed by atoms with E-state index in [1.807, 2.05) is 60.7 Å². The molecule has 2 aliphatic rings. The number of carbonyl (C=O) groups is 4. The number of unbranched alkanes of at least 4 members (excludes halogenated alkanes) is 3. The number of anilines is 1. The highest BCUT2D eigenvalue weighted by atomic mass is 32.2. The molecule has 3 heterocycles. The van der Waals surface area contributed by atoms with Crippen molar-refractivity contribution in [3.63, 3.8) is 0 Å². The molecule has 3 amide bonds. The Hall–Kier alpha value is -4.75. The number of fused-ring (bicyclic) bond motifs is 1. The number of nitrogens with zero attached hydrogens (tertiary/aromatic N) is 3. The Balaban J connectivity index is 1.33. The number of hydrogen-bond acceptors (Lipinski definition) is 10. The van der Waals surface area contributed by atoms with Gasteiger partial charge < -0.3 is 20.2 Å². The zero-order chi connectivity index (χ0) is 33.2. The van der Waals surface area contributed by atoms with E-state index in [1.165, 1.54) is 16.7 Å². The highest BCUT2D eigenvalue weighted by Crippen LogP contribution is 2.42. The standard InChI is InChI=1S/C34H35N5O6S2/c1-3-5-6-13-18-44-38-26(25-20-47-34(36-25)35-21-40)30(41)37-27-31(42)39-28(22(4-2)19-46-32(27)39)33(43)45-29(23-14-9-7-10-15-23)24-16-11-8-12-17-24/h4,7-12,14-17,20-21,27,29,32H,2-3,5-6,13,18-19H2,1H3,(H,37,41)(H,35,36,40)/b38-26+/t27?,32-/m1/s1. The lowest BCUT2D eigenvalue weighted by molar-refractivity contribution is -0.154. The minimum Gasteiger partial charge on any atom is -0.448 e. The van der Waals surface area contributed by atoms with Crippen molar-refractivity contribution >= 4 is 58.1 Å². The van der Waals surface area contributed by atoms with Crippen LogP contribution in [0.2, 0.25) is 0 Å². The number of benzene rings is 2. The van der Waals surface area contributed by atoms with Gasteiger partial charge in [-0.2, -0.15) is 0 Å². The molecule has 1 saturated heterocycles. The van der Waals surface area contributed by atoms with Crippen molar-refractivity contribution in [1.82, 2.24) is 15.2 Å². The van der Waals surface area contributed by atoms with Crippen molar-refractivity contribution in [1.29, 1.82) is 0 Å². The Morgan fingerprint density at radius 3 is 2.45 bits per heavy atom. The maximum atomic E-state index is 13.9. The Morgan fingerprint density at radius 2 is 1.81 bits per heavy atom. The van der Waals surface area contributed by atoms with Crippen molar-refractivity contribution in [2.24, 2.45) is 5.16 Å². The van der Waals surface area contributed by atoms with Crippen LogP contribution in [0.15, 0.2) is 95.1 Å². The van der Waals surface area contributed by atoms with Gasteiger partial charge >= 0.3 is 5.97 Å². The first-order valence-electron chi connectivity index (χ1n) is 15.2. The van der Waals surface area contributed by atoms with Crippen LogP contribution in [0.1, 0.15) is 55.5 Å². The smallest absolute Gasteiger partial charge is 0.356 e. The molecule has 0 spiro atoms. The summed E-state index contributed by atoms with van der Waals surface area (Å²) in [6, 6.07) is 17.8. The van der Waals surface area contributed by atoms with Crippen molar-refractivity contribution in [2.75, 3.05) is 17.7 Å². The van der Waals surface area contributed by atoms with Gasteiger partial charge in [-0.25, -0.2) is 9.78 Å². The summed E-state index contributed by atoms with van der Waals surface area (Å²) < 4.78 is 6.10. The van der Waals surface area contributed by atoms with Gasteiger partial charge in [-0.15, -0.1) is 23.1 Å². The van der Waals surface area contributed by atoms with Gasteiger partial charge in [0.05, 0.1) is 0 Å². The predicted octanol–water partition coefficient (Wildman–Crippen LogP) is 5.19. The summed E-state index contributed by atoms with van der Waals surface area (Å²) in [6.07, 6.45) is 5.19. The largest absolute Gasteiger partial charge is 0.448 e. The first kappa shape index (κ1) is 33.6. The summed E-state index contributed by atoms with van der Waals surface area (Å²) in [5.41, 5.74) is 2.29. The van der Waals surface area contributed by atoms with E-state index in [-0.39, 0.29) is 22.2 Å². The van der Waals surface area contributed by atoms with Gasteiger partial charge in [0.2, 0.25) is 6.41 Å². The molecule has 1 unspecified atom stereocenters. The number of β-lactam (4-membered cyclic amide) rings is 1. The molecule has 5 rings (SSSR count). The topological polar surface area (TPSA) is 139 Å². The molecule has 13 heteroatoms. The number of hydrogen-bond donors (Lipinski definition) is 2. The van der Waals surface area contributed by atoms with Crippen LogP contribution in [0.5, 0.6) is 0 Å². The van der Waals surface area contributed by atoms with Crippen LogP contribution in [0, 0.1) is 0 Å². The molecule has 0 aliphatic carbocycles. The fourth-order valence-corrected chi connectivity index (χ4v) is 7.15. The molecule has 11 nitrogen and oxygen atoms in total. The van der Waals surface area contributed by atoms with E-state index >= 15 is 0 Å². The quantitative estimate of drug-likeness (QED) is 0.0530. The van der Waals surface area contributed by atoms with Gasteiger partial charge in [0.1, 0.15) is 29.4 Å². The number of aromatic nitrogens is 1. The molecule has 2 aliphatic heterocycles. The molecule has 1 aromatic heterocycles. The third-order valence-corrected chi connectivity index (χ3v) is 9.62. The normalized spacial score (nSPS) is 17.4. The molecule has 1 fully saturated rings. The second-order valence-corrected chi connectivity index (χ2v) is 12.6. The van der Waals surface area contributed by atoms with Crippen LogP contribution in [-0.4, -0.2) is 63.6 Å². The van der Waals surface area contributed by atoms with Crippen LogP contribution in [-0.2, 0) is 28.8 Å². The fraction of sp³-hybridized carbons (Fsp3) is 0.294. The van der Waals surface area contributed by atoms with E-state index < -0.39 is 35.3 Å². The van der Waals surface area contributed by atoms with Crippen molar-refractivity contribution < 1.29 is 28.8 Å². The molecule has 3 aromatic rings. The number of thiazole rings is 1. The maximum Gasteiger partial charge on any atom is 0.356 e. The van der Waals surface area contributed by atoms with Crippen LogP contribution < -0.4 is 10.6 Å². The zero-order valence-corrected chi connectivity index (χ0v) is 27.4. The number of nitrogens with one attached hydrogen (secondary N) is 2. The van der Waals surface area contributed by atoms with Crippen LogP contribution in [0.25, 0.3) is 0 Å². The average molecular weight is 674 g/mol. The number of allylic oxidation sites excluding steroid dienone is 1. The number of esters is 1. The van der Waals surface area contributed by atoms with Crippen LogP contribution >= 0.6 is 23.1 Å². The second-order valence-electron chi connectivity index (χ2n) is 10.7. The second kappa shape index (κ2) is 16.2. The summed E-state index contributed by atoms with van der Waals surface area (Å²) in [7, 11) is 0. The van der Waals surface area contributed by atoms with Gasteiger partial charge in [-0.05, 0) is 29.5 Å². The fourth-order valence-electron chi connectivity index (χ4n) is 5.15. The molecule has 2 aromatic carbocycles. The number of amides is 3. The van der Waals surface area contributed by atoms with E-state index in [4.69, 9.17) is 9.57 Å². The summed E-state index contributed by atoms with van der Waals surface area (Å²) in [6.45, 7) is 6.28. The lowest BCUT2D eigenvalue weighted by Gasteiger charge is -2.49. The van der Waals surface area contributed by atoms with E-state index in [9.17, 15) is 19.2 Å². The Morgan fingerprint density at radius 1 is 1.11 bits per heavy atom. The molecule has 47 heavy (non-hydrogen) atoms. The third-order valence-electron chi connectivity index (χ3n) is 7.54. The molecule has 2 N–H and O–H groups in total. The van der Waals surface area contributed by atoms with Crippen molar-refractivity contribution in [2.45, 2.75) is 50.1 Å². The SMILES string of the molecule is C=CC1=C(C(=O)OC(c2ccccc2)c2ccccc2)N2C(=O)C(NC(=O)/C(=N/OCCCCCC)c3csc(NC=O)n3)[C@H]2SC1. The molecule has 2 atom stereocenters.